The number of benzene rings is 2. The van der Waals surface area contributed by atoms with Crippen molar-refractivity contribution in [3.8, 4) is 11.5 Å². The molecule has 0 bridgehead atoms. The molecular formula is C17H19BrN2O4S. The van der Waals surface area contributed by atoms with Crippen LogP contribution in [0.5, 0.6) is 11.5 Å². The van der Waals surface area contributed by atoms with E-state index >= 15 is 0 Å². The lowest BCUT2D eigenvalue weighted by molar-refractivity contribution is 0.384. The fourth-order valence-electron chi connectivity index (χ4n) is 2.83. The van der Waals surface area contributed by atoms with Gasteiger partial charge in [-0.25, -0.2) is 8.42 Å². The summed E-state index contributed by atoms with van der Waals surface area (Å²) in [6.07, 6.45) is 0. The van der Waals surface area contributed by atoms with E-state index in [1.807, 2.05) is 6.07 Å². The monoisotopic (exact) mass is 426 g/mol. The Morgan fingerprint density at radius 3 is 2.40 bits per heavy atom. The Labute approximate surface area is 155 Å². The van der Waals surface area contributed by atoms with Gasteiger partial charge in [-0.3, -0.25) is 0 Å². The first kappa shape index (κ1) is 18.0. The molecule has 1 N–H and O–H groups in total. The minimum atomic E-state index is -3.55. The van der Waals surface area contributed by atoms with E-state index in [1.54, 1.807) is 36.4 Å². The van der Waals surface area contributed by atoms with E-state index in [4.69, 9.17) is 4.74 Å². The number of methoxy groups -OCH3 is 1. The number of phenols is 1. The highest BCUT2D eigenvalue weighted by molar-refractivity contribution is 9.10. The van der Waals surface area contributed by atoms with Crippen molar-refractivity contribution >= 4 is 31.6 Å². The van der Waals surface area contributed by atoms with Crippen molar-refractivity contribution in [3.63, 3.8) is 0 Å². The van der Waals surface area contributed by atoms with Gasteiger partial charge < -0.3 is 14.7 Å². The summed E-state index contributed by atoms with van der Waals surface area (Å²) in [5, 5.41) is 9.59. The Kier molecular flexibility index (Phi) is 5.21. The summed E-state index contributed by atoms with van der Waals surface area (Å²) >= 11 is 3.33. The average molecular weight is 427 g/mol. The third-order valence-electron chi connectivity index (χ3n) is 4.19. The van der Waals surface area contributed by atoms with Crippen molar-refractivity contribution in [2.24, 2.45) is 0 Å². The summed E-state index contributed by atoms with van der Waals surface area (Å²) < 4.78 is 32.9. The maximum atomic E-state index is 12.8. The Hall–Kier alpha value is -1.77. The van der Waals surface area contributed by atoms with Gasteiger partial charge in [0.2, 0.25) is 10.0 Å². The van der Waals surface area contributed by atoms with Crippen LogP contribution in [0.25, 0.3) is 0 Å². The van der Waals surface area contributed by atoms with Crippen LogP contribution in [-0.4, -0.2) is 51.1 Å². The van der Waals surface area contributed by atoms with Crippen LogP contribution in [0.15, 0.2) is 51.8 Å². The fraction of sp³-hybridized carbons (Fsp3) is 0.294. The van der Waals surface area contributed by atoms with Gasteiger partial charge in [0.15, 0.2) is 0 Å². The van der Waals surface area contributed by atoms with E-state index in [9.17, 15) is 13.5 Å². The van der Waals surface area contributed by atoms with Crippen molar-refractivity contribution in [1.29, 1.82) is 0 Å². The molecule has 1 fully saturated rings. The second kappa shape index (κ2) is 7.23. The molecule has 0 unspecified atom stereocenters. The number of hydrogen-bond acceptors (Lipinski definition) is 5. The molecule has 2 aromatic carbocycles. The summed E-state index contributed by atoms with van der Waals surface area (Å²) in [4.78, 5) is 2.31. The quantitative estimate of drug-likeness (QED) is 0.813. The normalized spacial score (nSPS) is 16.0. The zero-order valence-corrected chi connectivity index (χ0v) is 16.1. The van der Waals surface area contributed by atoms with Gasteiger partial charge in [0.1, 0.15) is 11.5 Å². The van der Waals surface area contributed by atoms with E-state index in [0.717, 1.165) is 5.69 Å². The minimum absolute atomic E-state index is 0.204. The number of anilines is 1. The van der Waals surface area contributed by atoms with Crippen molar-refractivity contribution in [2.45, 2.75) is 4.90 Å². The number of ether oxygens (including phenoxy) is 1. The predicted octanol–water partition coefficient (Wildman–Crippen LogP) is 2.67. The van der Waals surface area contributed by atoms with Crippen molar-refractivity contribution in [1.82, 2.24) is 4.31 Å². The topological polar surface area (TPSA) is 70.1 Å². The molecule has 0 aromatic heterocycles. The lowest BCUT2D eigenvalue weighted by Crippen LogP contribution is -2.48. The zero-order valence-electron chi connectivity index (χ0n) is 13.7. The summed E-state index contributed by atoms with van der Waals surface area (Å²) in [7, 11) is -2.01. The largest absolute Gasteiger partial charge is 0.508 e. The molecular weight excluding hydrogens is 408 g/mol. The van der Waals surface area contributed by atoms with Gasteiger partial charge >= 0.3 is 0 Å². The number of nitrogens with zero attached hydrogens (tertiary/aromatic N) is 2. The summed E-state index contributed by atoms with van der Waals surface area (Å²) in [6, 6.07) is 11.7. The second-order valence-corrected chi connectivity index (χ2v) is 8.50. The van der Waals surface area contributed by atoms with Crippen molar-refractivity contribution in [2.75, 3.05) is 38.2 Å². The third kappa shape index (κ3) is 3.75. The predicted molar refractivity (Wildman–Crippen MR) is 99.8 cm³/mol. The third-order valence-corrected chi connectivity index (χ3v) is 6.71. The van der Waals surface area contributed by atoms with Crippen molar-refractivity contribution in [3.05, 3.63) is 46.9 Å². The molecule has 1 saturated heterocycles. The number of piperazine rings is 1. The van der Waals surface area contributed by atoms with Gasteiger partial charge in [-0.05, 0) is 46.3 Å². The van der Waals surface area contributed by atoms with E-state index in [-0.39, 0.29) is 10.6 Å². The highest BCUT2D eigenvalue weighted by Gasteiger charge is 2.29. The Balaban J connectivity index is 1.74. The van der Waals surface area contributed by atoms with E-state index < -0.39 is 10.0 Å². The number of hydrogen-bond donors (Lipinski definition) is 1. The molecule has 0 spiro atoms. The summed E-state index contributed by atoms with van der Waals surface area (Å²) in [6.45, 7) is 1.92. The lowest BCUT2D eigenvalue weighted by atomic mass is 10.2. The first-order chi connectivity index (χ1) is 11.9. The number of phenolic OH excluding ortho intramolecular Hbond substituents is 1. The van der Waals surface area contributed by atoms with Crippen LogP contribution >= 0.6 is 15.9 Å². The SMILES string of the molecule is COc1ccc(S(=O)(=O)N2CCN(c3cccc(O)c3)CC2)cc1Br. The first-order valence-corrected chi connectivity index (χ1v) is 10.0. The van der Waals surface area contributed by atoms with Crippen LogP contribution < -0.4 is 9.64 Å². The molecule has 1 heterocycles. The molecule has 8 heteroatoms. The zero-order chi connectivity index (χ0) is 18.0. The van der Waals surface area contributed by atoms with E-state index in [2.05, 4.69) is 20.8 Å². The van der Waals surface area contributed by atoms with Crippen LogP contribution in [0.2, 0.25) is 0 Å². The van der Waals surface area contributed by atoms with Gasteiger partial charge in [0.25, 0.3) is 0 Å². The van der Waals surface area contributed by atoms with Crippen LogP contribution in [-0.2, 0) is 10.0 Å². The molecule has 3 rings (SSSR count). The van der Waals surface area contributed by atoms with Crippen LogP contribution in [0.1, 0.15) is 0 Å². The molecule has 1 aliphatic rings. The number of rotatable bonds is 4. The minimum Gasteiger partial charge on any atom is -0.508 e. The van der Waals surface area contributed by atoms with Crippen molar-refractivity contribution < 1.29 is 18.3 Å². The maximum Gasteiger partial charge on any atom is 0.243 e. The first-order valence-electron chi connectivity index (χ1n) is 7.79. The van der Waals surface area contributed by atoms with Crippen LogP contribution in [0.4, 0.5) is 5.69 Å². The van der Waals surface area contributed by atoms with Gasteiger partial charge in [-0.1, -0.05) is 6.07 Å². The highest BCUT2D eigenvalue weighted by Crippen LogP contribution is 2.29. The van der Waals surface area contributed by atoms with Gasteiger partial charge in [-0.15, -0.1) is 0 Å². The molecule has 0 amide bonds. The lowest BCUT2D eigenvalue weighted by Gasteiger charge is -2.35. The smallest absolute Gasteiger partial charge is 0.243 e. The number of halogens is 1. The van der Waals surface area contributed by atoms with E-state index in [0.29, 0.717) is 36.4 Å². The molecule has 0 radical (unpaired) electrons. The maximum absolute atomic E-state index is 12.8. The molecule has 0 saturated carbocycles. The molecule has 0 atom stereocenters. The fourth-order valence-corrected chi connectivity index (χ4v) is 4.97. The molecule has 1 aliphatic heterocycles. The average Bonchev–Trinajstić information content (AvgIpc) is 2.61. The second-order valence-electron chi connectivity index (χ2n) is 5.71. The standard InChI is InChI=1S/C17H19BrN2O4S/c1-24-17-6-5-15(12-16(17)18)25(22,23)20-9-7-19(8-10-20)13-3-2-4-14(21)11-13/h2-6,11-12,21H,7-10H2,1H3. The summed E-state index contributed by atoms with van der Waals surface area (Å²) in [5.41, 5.74) is 0.893. The van der Waals surface area contributed by atoms with Gasteiger partial charge in [0, 0.05) is 37.9 Å². The number of sulfonamides is 1. The molecule has 2 aromatic rings. The number of aromatic hydroxyl groups is 1. The van der Waals surface area contributed by atoms with Gasteiger partial charge in [0.05, 0.1) is 16.5 Å². The summed E-state index contributed by atoms with van der Waals surface area (Å²) in [5.74, 6) is 0.795. The van der Waals surface area contributed by atoms with Crippen LogP contribution in [0, 0.1) is 0 Å². The Bertz CT molecular complexity index is 865. The molecule has 25 heavy (non-hydrogen) atoms. The Morgan fingerprint density at radius 1 is 1.08 bits per heavy atom. The Morgan fingerprint density at radius 2 is 1.80 bits per heavy atom. The molecule has 6 nitrogen and oxygen atoms in total. The van der Waals surface area contributed by atoms with Gasteiger partial charge in [-0.2, -0.15) is 4.31 Å². The highest BCUT2D eigenvalue weighted by atomic mass is 79.9. The molecule has 134 valence electrons. The van der Waals surface area contributed by atoms with Crippen LogP contribution in [0.3, 0.4) is 0 Å². The molecule has 0 aliphatic carbocycles. The van der Waals surface area contributed by atoms with E-state index in [1.165, 1.54) is 11.4 Å².